The molecule has 5 rings (SSSR count). The van der Waals surface area contributed by atoms with Gasteiger partial charge < -0.3 is 14.5 Å². The van der Waals surface area contributed by atoms with Crippen molar-refractivity contribution in [3.05, 3.63) is 62.8 Å². The molecule has 0 spiro atoms. The van der Waals surface area contributed by atoms with E-state index in [2.05, 4.69) is 16.8 Å². The minimum absolute atomic E-state index is 0.0532. The first-order valence-electron chi connectivity index (χ1n) is 9.74. The maximum atomic E-state index is 12.9. The normalized spacial score (nSPS) is 14.4. The monoisotopic (exact) mass is 439 g/mol. The number of hydrogen-bond acceptors (Lipinski definition) is 7. The van der Waals surface area contributed by atoms with Crippen LogP contribution in [-0.4, -0.2) is 35.1 Å². The van der Waals surface area contributed by atoms with Crippen molar-refractivity contribution < 1.29 is 9.47 Å². The van der Waals surface area contributed by atoms with Gasteiger partial charge in [0.25, 0.3) is 5.56 Å². The second-order valence-electron chi connectivity index (χ2n) is 7.33. The number of ether oxygens (including phenoxy) is 2. The van der Waals surface area contributed by atoms with Crippen molar-refractivity contribution in [1.82, 2.24) is 14.9 Å². The van der Waals surface area contributed by atoms with Crippen molar-refractivity contribution in [2.75, 3.05) is 20.3 Å². The van der Waals surface area contributed by atoms with Crippen molar-refractivity contribution in [3.8, 4) is 21.9 Å². The van der Waals surface area contributed by atoms with Crippen LogP contribution < -0.4 is 15.0 Å². The lowest BCUT2D eigenvalue weighted by Gasteiger charge is -2.25. The topological polar surface area (TPSA) is 67.5 Å². The number of hydrogen-bond donors (Lipinski definition) is 1. The third-order valence-electron chi connectivity index (χ3n) is 5.34. The predicted octanol–water partition coefficient (Wildman–Crippen LogP) is 4.68. The van der Waals surface area contributed by atoms with Gasteiger partial charge in [0.05, 0.1) is 11.4 Å². The molecule has 154 valence electrons. The van der Waals surface area contributed by atoms with Crippen LogP contribution in [0.5, 0.6) is 11.5 Å². The fourth-order valence-corrected chi connectivity index (χ4v) is 5.37. The summed E-state index contributed by atoms with van der Waals surface area (Å²) in [4.78, 5) is 24.7. The molecule has 30 heavy (non-hydrogen) atoms. The standard InChI is InChI=1S/C22H21N3O3S2/c1-13(25(2)11-14-5-6-16-17(10-14)28-8-7-27-16)20-23-21(26)19-15(12-30-22(19)24-20)18-4-3-9-29-18/h3-6,9-10,12-13H,7-8,11H2,1-2H3,(H,23,24,26)/t13-/m0/s1. The highest BCUT2D eigenvalue weighted by Crippen LogP contribution is 2.34. The lowest BCUT2D eigenvalue weighted by Crippen LogP contribution is -2.26. The third-order valence-corrected chi connectivity index (χ3v) is 7.12. The van der Waals surface area contributed by atoms with Crippen LogP contribution in [-0.2, 0) is 6.54 Å². The molecular weight excluding hydrogens is 418 g/mol. The number of H-pyrrole nitrogens is 1. The van der Waals surface area contributed by atoms with Crippen molar-refractivity contribution in [2.45, 2.75) is 19.5 Å². The molecule has 1 N–H and O–H groups in total. The van der Waals surface area contributed by atoms with Crippen LogP contribution in [0, 0.1) is 0 Å². The van der Waals surface area contributed by atoms with E-state index in [9.17, 15) is 4.79 Å². The third kappa shape index (κ3) is 3.51. The van der Waals surface area contributed by atoms with E-state index in [4.69, 9.17) is 14.5 Å². The molecule has 0 amide bonds. The smallest absolute Gasteiger partial charge is 0.260 e. The van der Waals surface area contributed by atoms with Crippen molar-refractivity contribution in [1.29, 1.82) is 0 Å². The molecule has 1 aliphatic heterocycles. The molecule has 1 atom stereocenters. The van der Waals surface area contributed by atoms with Gasteiger partial charge in [-0.3, -0.25) is 9.69 Å². The summed E-state index contributed by atoms with van der Waals surface area (Å²) in [5.74, 6) is 2.25. The van der Waals surface area contributed by atoms with Gasteiger partial charge in [0.1, 0.15) is 23.9 Å². The van der Waals surface area contributed by atoms with Crippen molar-refractivity contribution >= 4 is 32.9 Å². The lowest BCUT2D eigenvalue weighted by molar-refractivity contribution is 0.171. The van der Waals surface area contributed by atoms with E-state index in [1.54, 1.807) is 11.3 Å². The Kier molecular flexibility index (Phi) is 5.06. The molecule has 6 nitrogen and oxygen atoms in total. The molecule has 1 aromatic carbocycles. The number of fused-ring (bicyclic) bond motifs is 2. The summed E-state index contributed by atoms with van der Waals surface area (Å²) in [6.45, 7) is 3.91. The Morgan fingerprint density at radius 2 is 2.03 bits per heavy atom. The summed E-state index contributed by atoms with van der Waals surface area (Å²) >= 11 is 3.14. The highest BCUT2D eigenvalue weighted by molar-refractivity contribution is 7.18. The molecule has 4 aromatic rings. The highest BCUT2D eigenvalue weighted by atomic mass is 32.1. The van der Waals surface area contributed by atoms with Gasteiger partial charge in [0.2, 0.25) is 0 Å². The van der Waals surface area contributed by atoms with Crippen LogP contribution in [0.25, 0.3) is 20.7 Å². The number of aromatic amines is 1. The van der Waals surface area contributed by atoms with Gasteiger partial charge in [-0.1, -0.05) is 12.1 Å². The van der Waals surface area contributed by atoms with Gasteiger partial charge in [-0.15, -0.1) is 22.7 Å². The number of aromatic nitrogens is 2. The first-order chi connectivity index (χ1) is 14.6. The van der Waals surface area contributed by atoms with Gasteiger partial charge in [-0.05, 0) is 43.1 Å². The van der Waals surface area contributed by atoms with Crippen LogP contribution in [0.2, 0.25) is 0 Å². The van der Waals surface area contributed by atoms with Crippen molar-refractivity contribution in [3.63, 3.8) is 0 Å². The summed E-state index contributed by atoms with van der Waals surface area (Å²) in [5.41, 5.74) is 2.00. The number of rotatable bonds is 5. The molecule has 3 aromatic heterocycles. The van der Waals surface area contributed by atoms with Crippen molar-refractivity contribution in [2.24, 2.45) is 0 Å². The fraction of sp³-hybridized carbons (Fsp3) is 0.273. The Bertz CT molecular complexity index is 1250. The average Bonchev–Trinajstić information content (AvgIpc) is 3.43. The summed E-state index contributed by atoms with van der Waals surface area (Å²) in [7, 11) is 2.02. The molecule has 1 aliphatic rings. The van der Waals surface area contributed by atoms with Gasteiger partial charge in [0, 0.05) is 22.4 Å². The number of benzene rings is 1. The fourth-order valence-electron chi connectivity index (χ4n) is 3.60. The Morgan fingerprint density at radius 3 is 2.83 bits per heavy atom. The number of thiophene rings is 2. The van der Waals surface area contributed by atoms with Crippen LogP contribution in [0.1, 0.15) is 24.4 Å². The molecule has 0 radical (unpaired) electrons. The van der Waals surface area contributed by atoms with E-state index in [1.807, 2.05) is 48.1 Å². The van der Waals surface area contributed by atoms with Gasteiger partial charge >= 0.3 is 0 Å². The van der Waals surface area contributed by atoms with Gasteiger partial charge in [0.15, 0.2) is 11.5 Å². The maximum absolute atomic E-state index is 12.9. The largest absolute Gasteiger partial charge is 0.486 e. The SMILES string of the molecule is C[C@@H](c1nc2scc(-c3cccs3)c2c(=O)[nH]1)N(C)Cc1ccc2c(c1)OCCO2. The Balaban J connectivity index is 1.40. The van der Waals surface area contributed by atoms with E-state index in [-0.39, 0.29) is 11.6 Å². The van der Waals surface area contributed by atoms with E-state index < -0.39 is 0 Å². The summed E-state index contributed by atoms with van der Waals surface area (Å²) in [6, 6.07) is 9.98. The molecule has 4 heterocycles. The Hall–Kier alpha value is -2.68. The first kappa shape index (κ1) is 19.3. The summed E-state index contributed by atoms with van der Waals surface area (Å²) in [6.07, 6.45) is 0. The number of nitrogens with zero attached hydrogens (tertiary/aromatic N) is 2. The summed E-state index contributed by atoms with van der Waals surface area (Å²) < 4.78 is 11.3. The zero-order valence-electron chi connectivity index (χ0n) is 16.7. The van der Waals surface area contributed by atoms with E-state index in [1.165, 1.54) is 11.3 Å². The second-order valence-corrected chi connectivity index (χ2v) is 9.13. The van der Waals surface area contributed by atoms with Crippen LogP contribution in [0.4, 0.5) is 0 Å². The average molecular weight is 440 g/mol. The zero-order valence-corrected chi connectivity index (χ0v) is 18.3. The molecule has 0 bridgehead atoms. The molecule has 8 heteroatoms. The molecule has 0 fully saturated rings. The van der Waals surface area contributed by atoms with E-state index in [0.717, 1.165) is 32.3 Å². The highest BCUT2D eigenvalue weighted by Gasteiger charge is 2.20. The molecular formula is C22H21N3O3S2. The van der Waals surface area contributed by atoms with E-state index >= 15 is 0 Å². The zero-order chi connectivity index (χ0) is 20.7. The first-order valence-corrected chi connectivity index (χ1v) is 11.5. The molecule has 0 unspecified atom stereocenters. The van der Waals surface area contributed by atoms with Gasteiger partial charge in [-0.2, -0.15) is 0 Å². The van der Waals surface area contributed by atoms with Crippen LogP contribution in [0.3, 0.4) is 0 Å². The van der Waals surface area contributed by atoms with E-state index in [0.29, 0.717) is 31.0 Å². The predicted molar refractivity (Wildman–Crippen MR) is 121 cm³/mol. The van der Waals surface area contributed by atoms with Crippen LogP contribution >= 0.6 is 22.7 Å². The minimum atomic E-state index is -0.0840. The Morgan fingerprint density at radius 1 is 1.20 bits per heavy atom. The van der Waals surface area contributed by atoms with Gasteiger partial charge in [-0.25, -0.2) is 4.98 Å². The maximum Gasteiger partial charge on any atom is 0.260 e. The molecule has 0 saturated carbocycles. The number of nitrogens with one attached hydrogen (secondary N) is 1. The summed E-state index contributed by atoms with van der Waals surface area (Å²) in [5, 5.41) is 4.71. The lowest BCUT2D eigenvalue weighted by atomic mass is 10.1. The molecule has 0 aliphatic carbocycles. The Labute approximate surface area is 181 Å². The quantitative estimate of drug-likeness (QED) is 0.489. The second kappa shape index (κ2) is 7.86. The minimum Gasteiger partial charge on any atom is -0.486 e. The molecule has 0 saturated heterocycles. The van der Waals surface area contributed by atoms with Crippen LogP contribution in [0.15, 0.2) is 45.9 Å².